The molecular formula is C21H22ClFN6O3S. The van der Waals surface area contributed by atoms with E-state index in [0.717, 1.165) is 6.07 Å². The minimum absolute atomic E-state index is 0.0135. The number of carbonyl (C=O) groups excluding carboxylic acids is 2. The van der Waals surface area contributed by atoms with E-state index in [1.165, 1.54) is 34.4 Å². The fourth-order valence-electron chi connectivity index (χ4n) is 3.66. The van der Waals surface area contributed by atoms with E-state index in [2.05, 4.69) is 25.5 Å². The van der Waals surface area contributed by atoms with Gasteiger partial charge >= 0.3 is 0 Å². The van der Waals surface area contributed by atoms with E-state index in [1.54, 1.807) is 0 Å². The molecule has 2 aromatic heterocycles. The Hall–Kier alpha value is -3.05. The Labute approximate surface area is 197 Å². The second-order valence-corrected chi connectivity index (χ2v) is 9.04. The minimum Gasteiger partial charge on any atom is -0.356 e. The lowest BCUT2D eigenvalue weighted by Gasteiger charge is -2.30. The number of benzene rings is 1. The first-order valence-corrected chi connectivity index (χ1v) is 11.7. The molecule has 0 radical (unpaired) electrons. The third kappa shape index (κ3) is 5.14. The summed E-state index contributed by atoms with van der Waals surface area (Å²) in [5, 5.41) is 6.01. The number of thiazole rings is 1. The predicted molar refractivity (Wildman–Crippen MR) is 125 cm³/mol. The van der Waals surface area contributed by atoms with Gasteiger partial charge in [-0.05, 0) is 38.0 Å². The predicted octanol–water partition coefficient (Wildman–Crippen LogP) is 2.64. The van der Waals surface area contributed by atoms with E-state index >= 15 is 0 Å². The Balaban J connectivity index is 1.45. The normalized spacial score (nSPS) is 14.5. The molecule has 0 saturated carbocycles. The summed E-state index contributed by atoms with van der Waals surface area (Å²) in [4.78, 5) is 48.1. The molecule has 2 amide bonds. The van der Waals surface area contributed by atoms with Gasteiger partial charge < -0.3 is 15.5 Å². The molecule has 174 valence electrons. The maximum Gasteiger partial charge on any atom is 0.273 e. The van der Waals surface area contributed by atoms with E-state index in [4.69, 9.17) is 11.6 Å². The first-order valence-electron chi connectivity index (χ1n) is 10.5. The van der Waals surface area contributed by atoms with Crippen LogP contribution >= 0.6 is 22.9 Å². The number of anilines is 2. The highest BCUT2D eigenvalue weighted by Gasteiger charge is 2.26. The summed E-state index contributed by atoms with van der Waals surface area (Å²) in [5.41, 5.74) is 0.283. The van der Waals surface area contributed by atoms with Crippen LogP contribution in [-0.2, 0) is 16.1 Å². The number of rotatable bonds is 6. The third-order valence-electron chi connectivity index (χ3n) is 5.38. The molecule has 33 heavy (non-hydrogen) atoms. The Bertz CT molecular complexity index is 1250. The Morgan fingerprint density at radius 2 is 2.06 bits per heavy atom. The van der Waals surface area contributed by atoms with Crippen LogP contribution in [0.2, 0.25) is 5.02 Å². The van der Waals surface area contributed by atoms with Gasteiger partial charge in [-0.2, -0.15) is 4.98 Å². The number of halogens is 2. The van der Waals surface area contributed by atoms with Crippen LogP contribution in [0.15, 0.2) is 29.3 Å². The fraction of sp³-hybridized carbons (Fsp3) is 0.381. The monoisotopic (exact) mass is 492 g/mol. The zero-order chi connectivity index (χ0) is 23.5. The second kappa shape index (κ2) is 9.84. The SMILES string of the molecule is CCNC(=O)C1CCN(c2nc3ncn(CC(=O)Nc4ccc(F)c(Cl)c4)c(=O)c3s2)CC1. The standard InChI is InChI=1S/C21H22ClFN6O3S/c1-2-24-19(31)12-5-7-28(8-6-12)21-27-18-17(33-21)20(32)29(11-25-18)10-16(30)26-13-3-4-15(23)14(22)9-13/h3-4,9,11-12H,2,5-8,10H2,1H3,(H,24,31)(H,26,30). The summed E-state index contributed by atoms with van der Waals surface area (Å²) in [7, 11) is 0. The Morgan fingerprint density at radius 3 is 2.76 bits per heavy atom. The van der Waals surface area contributed by atoms with Crippen molar-refractivity contribution in [1.29, 1.82) is 0 Å². The first-order chi connectivity index (χ1) is 15.9. The van der Waals surface area contributed by atoms with Crippen molar-refractivity contribution in [3.05, 3.63) is 45.7 Å². The lowest BCUT2D eigenvalue weighted by molar-refractivity contribution is -0.125. The average molecular weight is 493 g/mol. The van der Waals surface area contributed by atoms with Gasteiger partial charge in [0, 0.05) is 31.2 Å². The van der Waals surface area contributed by atoms with Crippen molar-refractivity contribution in [1.82, 2.24) is 19.9 Å². The number of piperidine rings is 1. The summed E-state index contributed by atoms with van der Waals surface area (Å²) < 4.78 is 14.8. The van der Waals surface area contributed by atoms with Crippen LogP contribution in [0.3, 0.4) is 0 Å². The summed E-state index contributed by atoms with van der Waals surface area (Å²) >= 11 is 6.96. The van der Waals surface area contributed by atoms with Gasteiger partial charge in [0.15, 0.2) is 10.8 Å². The number of fused-ring (bicyclic) bond motifs is 1. The smallest absolute Gasteiger partial charge is 0.273 e. The molecule has 0 aliphatic carbocycles. The molecular weight excluding hydrogens is 471 g/mol. The molecule has 1 aromatic carbocycles. The summed E-state index contributed by atoms with van der Waals surface area (Å²) in [5.74, 6) is -0.999. The molecule has 12 heteroatoms. The molecule has 1 saturated heterocycles. The first kappa shape index (κ1) is 23.1. The van der Waals surface area contributed by atoms with Crippen molar-refractivity contribution in [2.24, 2.45) is 5.92 Å². The molecule has 1 aliphatic rings. The highest BCUT2D eigenvalue weighted by atomic mass is 35.5. The average Bonchev–Trinajstić information content (AvgIpc) is 3.24. The Kier molecular flexibility index (Phi) is 6.89. The fourth-order valence-corrected chi connectivity index (χ4v) is 4.86. The highest BCUT2D eigenvalue weighted by Crippen LogP contribution is 2.29. The van der Waals surface area contributed by atoms with Crippen molar-refractivity contribution >= 4 is 55.9 Å². The molecule has 3 heterocycles. The van der Waals surface area contributed by atoms with Gasteiger partial charge in [0.2, 0.25) is 11.8 Å². The largest absolute Gasteiger partial charge is 0.356 e. The van der Waals surface area contributed by atoms with Crippen LogP contribution in [0.4, 0.5) is 15.2 Å². The molecule has 0 unspecified atom stereocenters. The van der Waals surface area contributed by atoms with Crippen LogP contribution in [-0.4, -0.2) is 46.0 Å². The number of amides is 2. The van der Waals surface area contributed by atoms with Gasteiger partial charge in [-0.1, -0.05) is 22.9 Å². The number of aromatic nitrogens is 3. The van der Waals surface area contributed by atoms with Crippen molar-refractivity contribution in [3.63, 3.8) is 0 Å². The molecule has 1 aliphatic heterocycles. The number of hydrogen-bond acceptors (Lipinski definition) is 7. The number of hydrogen-bond donors (Lipinski definition) is 2. The third-order valence-corrected chi connectivity index (χ3v) is 6.76. The maximum absolute atomic E-state index is 13.3. The van der Waals surface area contributed by atoms with Crippen LogP contribution in [0, 0.1) is 11.7 Å². The van der Waals surface area contributed by atoms with E-state index in [9.17, 15) is 18.8 Å². The summed E-state index contributed by atoms with van der Waals surface area (Å²) in [6.45, 7) is 3.58. The van der Waals surface area contributed by atoms with Crippen LogP contribution in [0.5, 0.6) is 0 Å². The lowest BCUT2D eigenvalue weighted by atomic mass is 9.96. The molecule has 3 aromatic rings. The quantitative estimate of drug-likeness (QED) is 0.547. The maximum atomic E-state index is 13.3. The van der Waals surface area contributed by atoms with Gasteiger partial charge in [0.05, 0.1) is 5.02 Å². The summed E-state index contributed by atoms with van der Waals surface area (Å²) in [6, 6.07) is 3.83. The molecule has 0 spiro atoms. The van der Waals surface area contributed by atoms with Gasteiger partial charge in [-0.25, -0.2) is 9.37 Å². The van der Waals surface area contributed by atoms with E-state index in [-0.39, 0.29) is 29.0 Å². The van der Waals surface area contributed by atoms with E-state index in [0.29, 0.717) is 53.6 Å². The van der Waals surface area contributed by atoms with Gasteiger partial charge in [0.1, 0.15) is 23.4 Å². The number of nitrogens with zero attached hydrogens (tertiary/aromatic N) is 4. The Morgan fingerprint density at radius 1 is 1.30 bits per heavy atom. The molecule has 9 nitrogen and oxygen atoms in total. The molecule has 2 N–H and O–H groups in total. The zero-order valence-electron chi connectivity index (χ0n) is 17.8. The topological polar surface area (TPSA) is 109 Å². The van der Waals surface area contributed by atoms with Crippen molar-refractivity contribution < 1.29 is 14.0 Å². The molecule has 4 rings (SSSR count). The zero-order valence-corrected chi connectivity index (χ0v) is 19.4. The van der Waals surface area contributed by atoms with Crippen LogP contribution in [0.25, 0.3) is 10.3 Å². The van der Waals surface area contributed by atoms with Gasteiger partial charge in [-0.3, -0.25) is 19.0 Å². The van der Waals surface area contributed by atoms with Crippen LogP contribution < -0.4 is 21.1 Å². The number of nitrogens with one attached hydrogen (secondary N) is 2. The molecule has 0 atom stereocenters. The number of carbonyl (C=O) groups is 2. The van der Waals surface area contributed by atoms with E-state index < -0.39 is 11.7 Å². The van der Waals surface area contributed by atoms with Crippen LogP contribution in [0.1, 0.15) is 19.8 Å². The van der Waals surface area contributed by atoms with Gasteiger partial charge in [-0.15, -0.1) is 0 Å². The van der Waals surface area contributed by atoms with Crippen molar-refractivity contribution in [2.45, 2.75) is 26.3 Å². The molecule has 1 fully saturated rings. The second-order valence-electron chi connectivity index (χ2n) is 7.66. The minimum atomic E-state index is -0.588. The van der Waals surface area contributed by atoms with Gasteiger partial charge in [0.25, 0.3) is 5.56 Å². The van der Waals surface area contributed by atoms with Crippen molar-refractivity contribution in [3.8, 4) is 0 Å². The summed E-state index contributed by atoms with van der Waals surface area (Å²) in [6.07, 6.45) is 2.71. The van der Waals surface area contributed by atoms with E-state index in [1.807, 2.05) is 6.92 Å². The lowest BCUT2D eigenvalue weighted by Crippen LogP contribution is -2.40. The van der Waals surface area contributed by atoms with Crippen molar-refractivity contribution in [2.75, 3.05) is 29.9 Å². The highest BCUT2D eigenvalue weighted by molar-refractivity contribution is 7.22. The molecule has 0 bridgehead atoms.